The van der Waals surface area contributed by atoms with Crippen molar-refractivity contribution in [3.63, 3.8) is 0 Å². The lowest BCUT2D eigenvalue weighted by molar-refractivity contribution is 0.127. The summed E-state index contributed by atoms with van der Waals surface area (Å²) in [5.74, 6) is 1.02. The first kappa shape index (κ1) is 13.6. The first-order valence-corrected chi connectivity index (χ1v) is 5.93. The summed E-state index contributed by atoms with van der Waals surface area (Å²) in [7, 11) is 0. The maximum absolute atomic E-state index is 9.45. The van der Waals surface area contributed by atoms with Crippen LogP contribution in [-0.4, -0.2) is 23.2 Å². The molecule has 0 spiro atoms. The van der Waals surface area contributed by atoms with Gasteiger partial charge in [0.25, 0.3) is 0 Å². The van der Waals surface area contributed by atoms with Crippen molar-refractivity contribution in [1.82, 2.24) is 4.98 Å². The predicted octanol–water partition coefficient (Wildman–Crippen LogP) is 1.46. The second-order valence-corrected chi connectivity index (χ2v) is 4.39. The van der Waals surface area contributed by atoms with Crippen molar-refractivity contribution >= 4 is 17.3 Å². The van der Waals surface area contributed by atoms with E-state index in [1.54, 1.807) is 12.1 Å². The molecule has 1 aromatic rings. The molecule has 0 fully saturated rings. The van der Waals surface area contributed by atoms with Crippen LogP contribution in [-0.2, 0) is 0 Å². The number of anilines is 3. The first-order chi connectivity index (χ1) is 8.06. The maximum atomic E-state index is 9.45. The summed E-state index contributed by atoms with van der Waals surface area (Å²) in [4.78, 5) is 4.14. The van der Waals surface area contributed by atoms with E-state index in [0.717, 1.165) is 12.8 Å². The zero-order chi connectivity index (χ0) is 12.9. The van der Waals surface area contributed by atoms with Crippen LogP contribution in [0.1, 0.15) is 26.7 Å². The SMILES string of the molecule is CCC(CC)(CO)CNc1ccc(N)c(N)n1. The molecule has 17 heavy (non-hydrogen) atoms. The lowest BCUT2D eigenvalue weighted by atomic mass is 9.83. The minimum atomic E-state index is -0.0994. The minimum absolute atomic E-state index is 0.0994. The van der Waals surface area contributed by atoms with Gasteiger partial charge in [0, 0.05) is 12.0 Å². The van der Waals surface area contributed by atoms with Gasteiger partial charge in [-0.15, -0.1) is 0 Å². The van der Waals surface area contributed by atoms with Crippen LogP contribution < -0.4 is 16.8 Å². The lowest BCUT2D eigenvalue weighted by Crippen LogP contribution is -2.32. The Morgan fingerprint density at radius 1 is 1.29 bits per heavy atom. The Kier molecular flexibility index (Phi) is 4.57. The van der Waals surface area contributed by atoms with E-state index < -0.39 is 0 Å². The largest absolute Gasteiger partial charge is 0.396 e. The fraction of sp³-hybridized carbons (Fsp3) is 0.583. The van der Waals surface area contributed by atoms with Crippen molar-refractivity contribution in [1.29, 1.82) is 0 Å². The van der Waals surface area contributed by atoms with Gasteiger partial charge < -0.3 is 21.9 Å². The molecule has 5 nitrogen and oxygen atoms in total. The highest BCUT2D eigenvalue weighted by molar-refractivity contribution is 5.61. The van der Waals surface area contributed by atoms with Crippen LogP contribution in [0.15, 0.2) is 12.1 Å². The summed E-state index contributed by atoms with van der Waals surface area (Å²) in [6, 6.07) is 3.52. The molecule has 1 heterocycles. The van der Waals surface area contributed by atoms with Gasteiger partial charge in [-0.1, -0.05) is 13.8 Å². The number of hydrogen-bond donors (Lipinski definition) is 4. The summed E-state index contributed by atoms with van der Waals surface area (Å²) in [5, 5.41) is 12.6. The number of nitrogens with two attached hydrogens (primary N) is 2. The van der Waals surface area contributed by atoms with Crippen LogP contribution in [0.3, 0.4) is 0 Å². The van der Waals surface area contributed by atoms with E-state index >= 15 is 0 Å². The molecular weight excluding hydrogens is 216 g/mol. The number of nitrogens with one attached hydrogen (secondary N) is 1. The molecule has 0 atom stereocenters. The quantitative estimate of drug-likeness (QED) is 0.601. The van der Waals surface area contributed by atoms with Crippen molar-refractivity contribution in [2.24, 2.45) is 5.41 Å². The summed E-state index contributed by atoms with van der Waals surface area (Å²) < 4.78 is 0. The van der Waals surface area contributed by atoms with Crippen LogP contribution in [0.4, 0.5) is 17.3 Å². The van der Waals surface area contributed by atoms with Gasteiger partial charge in [-0.05, 0) is 25.0 Å². The van der Waals surface area contributed by atoms with Crippen LogP contribution in [0.25, 0.3) is 0 Å². The summed E-state index contributed by atoms with van der Waals surface area (Å²) >= 11 is 0. The zero-order valence-corrected chi connectivity index (χ0v) is 10.5. The fourth-order valence-electron chi connectivity index (χ4n) is 1.64. The van der Waals surface area contributed by atoms with Crippen molar-refractivity contribution in [3.8, 4) is 0 Å². The molecule has 0 saturated heterocycles. The van der Waals surface area contributed by atoms with E-state index in [2.05, 4.69) is 24.1 Å². The lowest BCUT2D eigenvalue weighted by Gasteiger charge is -2.29. The molecule has 0 aliphatic rings. The minimum Gasteiger partial charge on any atom is -0.396 e. The third-order valence-corrected chi connectivity index (χ3v) is 3.44. The molecular formula is C12H22N4O. The average molecular weight is 238 g/mol. The molecule has 0 amide bonds. The molecule has 6 N–H and O–H groups in total. The summed E-state index contributed by atoms with van der Waals surface area (Å²) in [6.45, 7) is 4.99. The smallest absolute Gasteiger partial charge is 0.149 e. The predicted molar refractivity (Wildman–Crippen MR) is 71.7 cm³/mol. The Morgan fingerprint density at radius 3 is 2.41 bits per heavy atom. The van der Waals surface area contributed by atoms with Crippen LogP contribution in [0, 0.1) is 5.41 Å². The summed E-state index contributed by atoms with van der Waals surface area (Å²) in [6.07, 6.45) is 1.83. The van der Waals surface area contributed by atoms with E-state index in [4.69, 9.17) is 11.5 Å². The number of aliphatic hydroxyl groups excluding tert-OH is 1. The third kappa shape index (κ3) is 3.23. The Morgan fingerprint density at radius 2 is 1.94 bits per heavy atom. The topological polar surface area (TPSA) is 97.2 Å². The van der Waals surface area contributed by atoms with Gasteiger partial charge >= 0.3 is 0 Å². The van der Waals surface area contributed by atoms with Gasteiger partial charge in [-0.25, -0.2) is 4.98 Å². The maximum Gasteiger partial charge on any atom is 0.149 e. The van der Waals surface area contributed by atoms with E-state index in [-0.39, 0.29) is 12.0 Å². The van der Waals surface area contributed by atoms with E-state index in [0.29, 0.717) is 23.9 Å². The molecule has 96 valence electrons. The number of aromatic nitrogens is 1. The van der Waals surface area contributed by atoms with Gasteiger partial charge in [-0.2, -0.15) is 0 Å². The number of hydrogen-bond acceptors (Lipinski definition) is 5. The van der Waals surface area contributed by atoms with Crippen molar-refractivity contribution in [2.75, 3.05) is 29.9 Å². The normalized spacial score (nSPS) is 11.5. The van der Waals surface area contributed by atoms with Gasteiger partial charge in [0.15, 0.2) is 0 Å². The molecule has 5 heteroatoms. The average Bonchev–Trinajstić information content (AvgIpc) is 2.36. The second-order valence-electron chi connectivity index (χ2n) is 4.39. The molecule has 1 aromatic heterocycles. The van der Waals surface area contributed by atoms with E-state index in [9.17, 15) is 5.11 Å². The number of pyridine rings is 1. The molecule has 0 saturated carbocycles. The summed E-state index contributed by atoms with van der Waals surface area (Å²) in [5.41, 5.74) is 11.6. The van der Waals surface area contributed by atoms with Gasteiger partial charge in [0.05, 0.1) is 12.3 Å². The molecule has 0 aliphatic carbocycles. The Labute approximate surface area is 102 Å². The number of nitrogens with zero attached hydrogens (tertiary/aromatic N) is 1. The molecule has 0 unspecified atom stereocenters. The van der Waals surface area contributed by atoms with Gasteiger partial charge in [0.2, 0.25) is 0 Å². The number of rotatable bonds is 6. The van der Waals surface area contributed by atoms with E-state index in [1.165, 1.54) is 0 Å². The Bertz CT molecular complexity index is 355. The molecule has 1 rings (SSSR count). The van der Waals surface area contributed by atoms with Crippen LogP contribution in [0.2, 0.25) is 0 Å². The monoisotopic (exact) mass is 238 g/mol. The van der Waals surface area contributed by atoms with Crippen molar-refractivity contribution < 1.29 is 5.11 Å². The van der Waals surface area contributed by atoms with Gasteiger partial charge in [-0.3, -0.25) is 0 Å². The first-order valence-electron chi connectivity index (χ1n) is 5.93. The van der Waals surface area contributed by atoms with Crippen molar-refractivity contribution in [2.45, 2.75) is 26.7 Å². The fourth-order valence-corrected chi connectivity index (χ4v) is 1.64. The Hall–Kier alpha value is -1.49. The standard InChI is InChI=1S/C12H22N4O/c1-3-12(4-2,8-17)7-15-10-6-5-9(13)11(14)16-10/h5-6,17H,3-4,7-8,13H2,1-2H3,(H3,14,15,16). The molecule has 0 aliphatic heterocycles. The van der Waals surface area contributed by atoms with Crippen molar-refractivity contribution in [3.05, 3.63) is 12.1 Å². The zero-order valence-electron chi connectivity index (χ0n) is 10.5. The Balaban J connectivity index is 2.68. The van der Waals surface area contributed by atoms with Crippen LogP contribution >= 0.6 is 0 Å². The highest BCUT2D eigenvalue weighted by Crippen LogP contribution is 2.26. The number of nitrogen functional groups attached to an aromatic ring is 2. The molecule has 0 aromatic carbocycles. The number of aliphatic hydroxyl groups is 1. The van der Waals surface area contributed by atoms with E-state index in [1.807, 2.05) is 0 Å². The second kappa shape index (κ2) is 5.72. The highest BCUT2D eigenvalue weighted by Gasteiger charge is 2.24. The van der Waals surface area contributed by atoms with Gasteiger partial charge in [0.1, 0.15) is 11.6 Å². The van der Waals surface area contributed by atoms with Crippen LogP contribution in [0.5, 0.6) is 0 Å². The molecule has 0 radical (unpaired) electrons. The third-order valence-electron chi connectivity index (χ3n) is 3.44. The highest BCUT2D eigenvalue weighted by atomic mass is 16.3. The molecule has 0 bridgehead atoms.